The topological polar surface area (TPSA) is 34.1 Å². The molecule has 0 aliphatic carbocycles. The van der Waals surface area contributed by atoms with Crippen molar-refractivity contribution in [1.82, 2.24) is 0 Å². The molecule has 0 aliphatic rings. The molecule has 0 aromatic heterocycles. The molecule has 100 valence electrons. The molecule has 19 heavy (non-hydrogen) atoms. The molecule has 0 aliphatic heterocycles. The zero-order chi connectivity index (χ0) is 13.9. The first-order valence-corrected chi connectivity index (χ1v) is 8.10. The largest absolute Gasteiger partial charge is 0.228 e. The highest BCUT2D eigenvalue weighted by atomic mass is 32.2. The summed E-state index contributed by atoms with van der Waals surface area (Å²) in [5, 5.41) is 2.10. The molecule has 0 N–H and O–H groups in total. The fourth-order valence-electron chi connectivity index (χ4n) is 2.01. The molecule has 0 saturated carbocycles. The lowest BCUT2D eigenvalue weighted by molar-refractivity contribution is 0.598. The molecule has 2 rings (SSSR count). The Hall–Kier alpha value is -1.61. The molecule has 0 spiro atoms. The molecule has 0 heterocycles. The van der Waals surface area contributed by atoms with Gasteiger partial charge in [0.15, 0.2) is 9.84 Å². The fraction of sp³-hybridized carbons (Fsp3) is 0.250. The first kappa shape index (κ1) is 13.8. The number of sulfone groups is 1. The van der Waals surface area contributed by atoms with Gasteiger partial charge in [-0.05, 0) is 30.2 Å². The third kappa shape index (κ3) is 3.67. The average molecular weight is 274 g/mol. The van der Waals surface area contributed by atoms with Crippen LogP contribution in [0.3, 0.4) is 0 Å². The molecule has 0 amide bonds. The lowest BCUT2D eigenvalue weighted by Crippen LogP contribution is -2.08. The van der Waals surface area contributed by atoms with E-state index in [-0.39, 0.29) is 11.5 Å². The number of hydrogen-bond donors (Lipinski definition) is 0. The maximum absolute atomic E-state index is 12.1. The van der Waals surface area contributed by atoms with Crippen molar-refractivity contribution in [2.45, 2.75) is 19.6 Å². The van der Waals surface area contributed by atoms with Crippen LogP contribution >= 0.6 is 0 Å². The summed E-state index contributed by atoms with van der Waals surface area (Å²) in [4.78, 5) is 0. The van der Waals surface area contributed by atoms with Gasteiger partial charge in [0.25, 0.3) is 0 Å². The van der Waals surface area contributed by atoms with Crippen LogP contribution in [-0.2, 0) is 15.6 Å². The quantitative estimate of drug-likeness (QED) is 0.796. The average Bonchev–Trinajstić information content (AvgIpc) is 2.37. The predicted octanol–water partition coefficient (Wildman–Crippen LogP) is 3.72. The Morgan fingerprint density at radius 3 is 2.47 bits per heavy atom. The van der Waals surface area contributed by atoms with E-state index in [1.54, 1.807) is 6.08 Å². The molecule has 0 radical (unpaired) electrons. The van der Waals surface area contributed by atoms with Crippen molar-refractivity contribution in [3.05, 3.63) is 59.7 Å². The monoisotopic (exact) mass is 274 g/mol. The van der Waals surface area contributed by atoms with E-state index in [1.165, 1.54) is 0 Å². The smallest absolute Gasteiger partial charge is 0.158 e. The van der Waals surface area contributed by atoms with Crippen LogP contribution in [0.15, 0.2) is 54.1 Å². The standard InChI is InChI=1S/C16H18O2S/c1-13(2)10-11-19(17,18)12-15-8-5-7-14-6-3-4-9-16(14)15/h3-10H,11-12H2,1-2H3. The van der Waals surface area contributed by atoms with Crippen molar-refractivity contribution in [2.24, 2.45) is 0 Å². The summed E-state index contributed by atoms with van der Waals surface area (Å²) in [7, 11) is -3.10. The van der Waals surface area contributed by atoms with E-state index < -0.39 is 9.84 Å². The highest BCUT2D eigenvalue weighted by Gasteiger charge is 2.12. The van der Waals surface area contributed by atoms with E-state index in [4.69, 9.17) is 0 Å². The Kier molecular flexibility index (Phi) is 4.05. The summed E-state index contributed by atoms with van der Waals surface area (Å²) in [5.41, 5.74) is 1.90. The summed E-state index contributed by atoms with van der Waals surface area (Å²) in [6, 6.07) is 13.7. The minimum absolute atomic E-state index is 0.0954. The summed E-state index contributed by atoms with van der Waals surface area (Å²) >= 11 is 0. The Balaban J connectivity index is 2.34. The lowest BCUT2D eigenvalue weighted by Gasteiger charge is -2.06. The zero-order valence-corrected chi connectivity index (χ0v) is 12.1. The van der Waals surface area contributed by atoms with Gasteiger partial charge in [-0.2, -0.15) is 0 Å². The van der Waals surface area contributed by atoms with Crippen LogP contribution in [0.4, 0.5) is 0 Å². The summed E-state index contributed by atoms with van der Waals surface area (Å²) in [6.07, 6.45) is 1.76. The third-order valence-corrected chi connectivity index (χ3v) is 4.43. The van der Waals surface area contributed by atoms with E-state index in [1.807, 2.05) is 56.3 Å². The van der Waals surface area contributed by atoms with Crippen molar-refractivity contribution < 1.29 is 8.42 Å². The van der Waals surface area contributed by atoms with Gasteiger partial charge in [0.2, 0.25) is 0 Å². The van der Waals surface area contributed by atoms with Gasteiger partial charge in [-0.3, -0.25) is 0 Å². The van der Waals surface area contributed by atoms with E-state index in [9.17, 15) is 8.42 Å². The Morgan fingerprint density at radius 2 is 1.74 bits per heavy atom. The number of rotatable bonds is 4. The first-order chi connectivity index (χ1) is 8.98. The van der Waals surface area contributed by atoms with E-state index in [2.05, 4.69) is 0 Å². The van der Waals surface area contributed by atoms with Gasteiger partial charge >= 0.3 is 0 Å². The normalized spacial score (nSPS) is 11.5. The van der Waals surface area contributed by atoms with Crippen molar-refractivity contribution >= 4 is 20.6 Å². The van der Waals surface area contributed by atoms with Gasteiger partial charge in [-0.15, -0.1) is 0 Å². The number of fused-ring (bicyclic) bond motifs is 1. The van der Waals surface area contributed by atoms with Crippen molar-refractivity contribution in [3.8, 4) is 0 Å². The van der Waals surface area contributed by atoms with Gasteiger partial charge < -0.3 is 0 Å². The maximum Gasteiger partial charge on any atom is 0.158 e. The van der Waals surface area contributed by atoms with Crippen LogP contribution in [0, 0.1) is 0 Å². The van der Waals surface area contributed by atoms with Crippen LogP contribution in [0.5, 0.6) is 0 Å². The minimum Gasteiger partial charge on any atom is -0.228 e. The molecule has 2 aromatic carbocycles. The third-order valence-electron chi connectivity index (χ3n) is 3.00. The Morgan fingerprint density at radius 1 is 1.05 bits per heavy atom. The summed E-state index contributed by atoms with van der Waals surface area (Å²) in [6.45, 7) is 3.82. The fourth-order valence-corrected chi connectivity index (χ4v) is 3.44. The van der Waals surface area contributed by atoms with Crippen molar-refractivity contribution in [1.29, 1.82) is 0 Å². The highest BCUT2D eigenvalue weighted by Crippen LogP contribution is 2.20. The SMILES string of the molecule is CC(C)=CCS(=O)(=O)Cc1cccc2ccccc12. The molecule has 3 heteroatoms. The molecule has 0 unspecified atom stereocenters. The lowest BCUT2D eigenvalue weighted by atomic mass is 10.1. The molecular formula is C16H18O2S. The van der Waals surface area contributed by atoms with Gasteiger partial charge in [0.05, 0.1) is 11.5 Å². The van der Waals surface area contributed by atoms with Crippen LogP contribution in [0.1, 0.15) is 19.4 Å². The molecule has 2 nitrogen and oxygen atoms in total. The van der Waals surface area contributed by atoms with E-state index >= 15 is 0 Å². The molecule has 2 aromatic rings. The van der Waals surface area contributed by atoms with Crippen LogP contribution in [0.2, 0.25) is 0 Å². The first-order valence-electron chi connectivity index (χ1n) is 6.28. The molecular weight excluding hydrogens is 256 g/mol. The second-order valence-corrected chi connectivity index (χ2v) is 7.08. The molecule has 0 bridgehead atoms. The summed E-state index contributed by atoms with van der Waals surface area (Å²) < 4.78 is 24.2. The number of allylic oxidation sites excluding steroid dienone is 1. The summed E-state index contributed by atoms with van der Waals surface area (Å²) in [5.74, 6) is 0.205. The Labute approximate surface area is 114 Å². The van der Waals surface area contributed by atoms with Gasteiger partial charge in [-0.1, -0.05) is 54.1 Å². The van der Waals surface area contributed by atoms with E-state index in [0.717, 1.165) is 21.9 Å². The van der Waals surface area contributed by atoms with Crippen LogP contribution < -0.4 is 0 Å². The van der Waals surface area contributed by atoms with Gasteiger partial charge in [0, 0.05) is 0 Å². The maximum atomic E-state index is 12.1. The van der Waals surface area contributed by atoms with Crippen LogP contribution in [-0.4, -0.2) is 14.2 Å². The highest BCUT2D eigenvalue weighted by molar-refractivity contribution is 7.90. The zero-order valence-electron chi connectivity index (χ0n) is 11.3. The number of hydrogen-bond acceptors (Lipinski definition) is 2. The van der Waals surface area contributed by atoms with Gasteiger partial charge in [-0.25, -0.2) is 8.42 Å². The minimum atomic E-state index is -3.10. The predicted molar refractivity (Wildman–Crippen MR) is 80.9 cm³/mol. The van der Waals surface area contributed by atoms with E-state index in [0.29, 0.717) is 0 Å². The second kappa shape index (κ2) is 5.57. The number of benzene rings is 2. The molecule has 0 saturated heterocycles. The Bertz CT molecular complexity index is 703. The molecule has 0 atom stereocenters. The van der Waals surface area contributed by atoms with Crippen molar-refractivity contribution in [3.63, 3.8) is 0 Å². The van der Waals surface area contributed by atoms with Gasteiger partial charge in [0.1, 0.15) is 0 Å². The van der Waals surface area contributed by atoms with Crippen molar-refractivity contribution in [2.75, 3.05) is 5.75 Å². The van der Waals surface area contributed by atoms with Crippen LogP contribution in [0.25, 0.3) is 10.8 Å². The molecule has 0 fully saturated rings. The second-order valence-electron chi connectivity index (χ2n) is 4.97.